The number of hydrogen-bond donors (Lipinski definition) is 0. The summed E-state index contributed by atoms with van der Waals surface area (Å²) in [5, 5.41) is 17.7. The first-order valence-electron chi connectivity index (χ1n) is 13.6. The lowest BCUT2D eigenvalue weighted by Crippen LogP contribution is -2.45. The number of likely N-dealkylation sites (tertiary alicyclic amines) is 1. The van der Waals surface area contributed by atoms with E-state index < -0.39 is 34.7 Å². The minimum Gasteiger partial charge on any atom is -0.320 e. The smallest absolute Gasteiger partial charge is 0.320 e. The molecule has 4 aromatic rings. The summed E-state index contributed by atoms with van der Waals surface area (Å²) in [7, 11) is 1.80. The number of aryl methyl sites for hydroxylation is 1. The summed E-state index contributed by atoms with van der Waals surface area (Å²) in [6, 6.07) is 10.2. The van der Waals surface area contributed by atoms with Crippen molar-refractivity contribution in [2.75, 3.05) is 13.1 Å². The second-order valence-corrected chi connectivity index (χ2v) is 11.6. The third kappa shape index (κ3) is 4.58. The molecule has 1 saturated heterocycles. The van der Waals surface area contributed by atoms with E-state index in [-0.39, 0.29) is 43.1 Å². The van der Waals surface area contributed by atoms with Crippen LogP contribution in [0.15, 0.2) is 53.8 Å². The van der Waals surface area contributed by atoms with Crippen molar-refractivity contribution in [2.45, 2.75) is 50.2 Å². The van der Waals surface area contributed by atoms with E-state index in [9.17, 15) is 32.0 Å². The highest BCUT2D eigenvalue weighted by Crippen LogP contribution is 2.51. The molecule has 0 bridgehead atoms. The summed E-state index contributed by atoms with van der Waals surface area (Å²) in [4.78, 5) is 15.3. The number of rotatable bonds is 5. The summed E-state index contributed by atoms with van der Waals surface area (Å²) in [6.07, 6.45) is -0.0419. The molecule has 8 nitrogen and oxygen atoms in total. The Labute approximate surface area is 237 Å². The molecule has 220 valence electrons. The SMILES string of the molecule is C[C@@H]1CN(Cc2cc(C(F)(F)F)c3cn(-c4cccc([C@]5(c6nncn6C)C[C@H](C#N)C5)c4)c(=O)n3c2)CCC1(F)F. The first-order valence-corrected chi connectivity index (χ1v) is 13.6. The fourth-order valence-electron chi connectivity index (χ4n) is 6.40. The first-order chi connectivity index (χ1) is 19.8. The van der Waals surface area contributed by atoms with Crippen molar-refractivity contribution in [1.82, 2.24) is 28.6 Å². The zero-order valence-electron chi connectivity index (χ0n) is 22.9. The molecule has 0 amide bonds. The fourth-order valence-corrected chi connectivity index (χ4v) is 6.40. The Morgan fingerprint density at radius 3 is 2.57 bits per heavy atom. The predicted octanol–water partition coefficient (Wildman–Crippen LogP) is 4.93. The summed E-state index contributed by atoms with van der Waals surface area (Å²) < 4.78 is 74.6. The highest BCUT2D eigenvalue weighted by Gasteiger charge is 2.50. The molecule has 6 rings (SSSR count). The highest BCUT2D eigenvalue weighted by molar-refractivity contribution is 5.58. The number of nitrogens with zero attached hydrogens (tertiary/aromatic N) is 7. The highest BCUT2D eigenvalue weighted by atomic mass is 19.4. The standard InChI is InChI=1S/C29H28F5N7O/c1-18-13-39(7-6-28(18,30)31)14-19-8-23(29(32,33)34)24-16-40(26(42)41(24)15-19)22-5-3-4-21(9-22)27(10-20(11-27)12-35)25-37-36-17-38(25)2/h3-5,8-9,15-18,20H,6-7,10-11,13-14H2,1-2H3/t18-,20-,27-/m1/s1. The molecule has 2 aliphatic rings. The largest absolute Gasteiger partial charge is 0.418 e. The summed E-state index contributed by atoms with van der Waals surface area (Å²) in [5.74, 6) is -3.28. The Bertz CT molecular complexity index is 1760. The second kappa shape index (κ2) is 9.76. The van der Waals surface area contributed by atoms with Crippen molar-refractivity contribution < 1.29 is 22.0 Å². The summed E-state index contributed by atoms with van der Waals surface area (Å²) in [6.45, 7) is 1.51. The van der Waals surface area contributed by atoms with Crippen LogP contribution in [0.5, 0.6) is 0 Å². The number of nitriles is 1. The number of halogens is 5. The Balaban J connectivity index is 1.41. The lowest BCUT2D eigenvalue weighted by atomic mass is 9.58. The monoisotopic (exact) mass is 585 g/mol. The number of benzene rings is 1. The molecule has 1 aliphatic carbocycles. The molecule has 1 atom stereocenters. The Morgan fingerprint density at radius 1 is 1.17 bits per heavy atom. The van der Waals surface area contributed by atoms with E-state index in [4.69, 9.17) is 0 Å². The Hall–Kier alpha value is -4.05. The van der Waals surface area contributed by atoms with Gasteiger partial charge < -0.3 is 4.57 Å². The number of aromatic nitrogens is 5. The maximum absolute atomic E-state index is 14.2. The molecule has 0 unspecified atom stereocenters. The van der Waals surface area contributed by atoms with Crippen LogP contribution in [0.4, 0.5) is 22.0 Å². The van der Waals surface area contributed by atoms with Crippen molar-refractivity contribution in [2.24, 2.45) is 18.9 Å². The molecule has 4 heterocycles. The third-order valence-corrected chi connectivity index (χ3v) is 8.74. The van der Waals surface area contributed by atoms with E-state index in [2.05, 4.69) is 16.3 Å². The van der Waals surface area contributed by atoms with E-state index in [1.807, 2.05) is 6.07 Å². The van der Waals surface area contributed by atoms with Gasteiger partial charge in [0.1, 0.15) is 12.2 Å². The lowest BCUT2D eigenvalue weighted by Gasteiger charge is -2.44. The van der Waals surface area contributed by atoms with Gasteiger partial charge in [0.2, 0.25) is 0 Å². The van der Waals surface area contributed by atoms with Gasteiger partial charge in [0.05, 0.1) is 28.3 Å². The van der Waals surface area contributed by atoms with Crippen LogP contribution < -0.4 is 5.69 Å². The first kappa shape index (κ1) is 28.1. The van der Waals surface area contributed by atoms with E-state index in [1.54, 1.807) is 41.0 Å². The van der Waals surface area contributed by atoms with E-state index in [0.717, 1.165) is 16.0 Å². The van der Waals surface area contributed by atoms with Gasteiger partial charge >= 0.3 is 11.9 Å². The summed E-state index contributed by atoms with van der Waals surface area (Å²) in [5.41, 5.74) is -1.26. The molecular formula is C29H28F5N7O. The fraction of sp³-hybridized carbons (Fsp3) is 0.448. The lowest BCUT2D eigenvalue weighted by molar-refractivity contribution is -0.136. The van der Waals surface area contributed by atoms with Gasteiger partial charge in [0.25, 0.3) is 5.92 Å². The number of hydrogen-bond acceptors (Lipinski definition) is 5. The topological polar surface area (TPSA) is 84.2 Å². The van der Waals surface area contributed by atoms with Gasteiger partial charge in [0, 0.05) is 57.3 Å². The van der Waals surface area contributed by atoms with Crippen molar-refractivity contribution in [3.63, 3.8) is 0 Å². The minimum absolute atomic E-state index is 0.00677. The van der Waals surface area contributed by atoms with E-state index in [1.165, 1.54) is 23.9 Å². The van der Waals surface area contributed by atoms with Gasteiger partial charge in [-0.25, -0.2) is 13.6 Å². The van der Waals surface area contributed by atoms with Crippen molar-refractivity contribution >= 4 is 5.52 Å². The van der Waals surface area contributed by atoms with E-state index in [0.29, 0.717) is 24.4 Å². The van der Waals surface area contributed by atoms with Gasteiger partial charge in [-0.3, -0.25) is 13.9 Å². The quantitative estimate of drug-likeness (QED) is 0.310. The molecule has 3 aromatic heterocycles. The average molecular weight is 586 g/mol. The third-order valence-electron chi connectivity index (χ3n) is 8.74. The molecule has 0 radical (unpaired) electrons. The molecule has 13 heteroatoms. The zero-order valence-corrected chi connectivity index (χ0v) is 22.9. The number of alkyl halides is 5. The molecule has 1 aliphatic heterocycles. The normalized spacial score (nSPS) is 24.4. The second-order valence-electron chi connectivity index (χ2n) is 11.6. The van der Waals surface area contributed by atoms with Crippen LogP contribution in [0.2, 0.25) is 0 Å². The van der Waals surface area contributed by atoms with Gasteiger partial charge in [-0.1, -0.05) is 19.1 Å². The Morgan fingerprint density at radius 2 is 1.93 bits per heavy atom. The van der Waals surface area contributed by atoms with Gasteiger partial charge in [-0.15, -0.1) is 10.2 Å². The van der Waals surface area contributed by atoms with Crippen LogP contribution in [0.3, 0.4) is 0 Å². The molecular weight excluding hydrogens is 557 g/mol. The molecule has 1 aromatic carbocycles. The van der Waals surface area contributed by atoms with Gasteiger partial charge in [-0.2, -0.15) is 18.4 Å². The maximum atomic E-state index is 14.2. The van der Waals surface area contributed by atoms with Crippen LogP contribution >= 0.6 is 0 Å². The number of imidazole rings is 1. The molecule has 42 heavy (non-hydrogen) atoms. The van der Waals surface area contributed by atoms with Crippen LogP contribution in [0, 0.1) is 23.2 Å². The maximum Gasteiger partial charge on any atom is 0.418 e. The van der Waals surface area contributed by atoms with Gasteiger partial charge in [0.15, 0.2) is 0 Å². The van der Waals surface area contributed by atoms with Crippen molar-refractivity contribution in [1.29, 1.82) is 5.26 Å². The number of fused-ring (bicyclic) bond motifs is 1. The van der Waals surface area contributed by atoms with Crippen LogP contribution in [0.1, 0.15) is 48.7 Å². The molecule has 0 N–H and O–H groups in total. The molecule has 1 saturated carbocycles. The van der Waals surface area contributed by atoms with Crippen molar-refractivity contribution in [3.8, 4) is 11.8 Å². The van der Waals surface area contributed by atoms with Crippen LogP contribution in [0.25, 0.3) is 11.2 Å². The molecule has 0 spiro atoms. The molecule has 2 fully saturated rings. The van der Waals surface area contributed by atoms with Crippen LogP contribution in [-0.2, 0) is 25.2 Å². The zero-order chi connectivity index (χ0) is 30.0. The minimum atomic E-state index is -4.75. The number of piperidine rings is 1. The predicted molar refractivity (Wildman–Crippen MR) is 142 cm³/mol. The van der Waals surface area contributed by atoms with Crippen LogP contribution in [-0.4, -0.2) is 47.6 Å². The van der Waals surface area contributed by atoms with E-state index >= 15 is 0 Å². The van der Waals surface area contributed by atoms with Gasteiger partial charge in [-0.05, 0) is 42.2 Å². The van der Waals surface area contributed by atoms with Crippen molar-refractivity contribution in [3.05, 3.63) is 82.1 Å². The number of pyridine rings is 1. The average Bonchev–Trinajstić information content (AvgIpc) is 3.49. The summed E-state index contributed by atoms with van der Waals surface area (Å²) >= 11 is 0. The Kier molecular flexibility index (Phi) is 6.53.